The quantitative estimate of drug-likeness (QED) is 0.841. The first-order valence-corrected chi connectivity index (χ1v) is 6.93. The molecule has 1 N–H and O–H groups in total. The summed E-state index contributed by atoms with van der Waals surface area (Å²) in [5.41, 5.74) is -0.203. The third kappa shape index (κ3) is 1.93. The zero-order valence-corrected chi connectivity index (χ0v) is 11.4. The van der Waals surface area contributed by atoms with Gasteiger partial charge >= 0.3 is 0 Å². The highest BCUT2D eigenvalue weighted by atomic mass is 32.1. The van der Waals surface area contributed by atoms with Crippen LogP contribution < -0.4 is 0 Å². The Morgan fingerprint density at radius 2 is 2.05 bits per heavy atom. The molecular weight excluding hydrogens is 260 g/mol. The van der Waals surface area contributed by atoms with E-state index in [9.17, 15) is 9.90 Å². The lowest BCUT2D eigenvalue weighted by Gasteiger charge is -2.22. The standard InChI is InChI=1S/C14H16N2O2S/c17-12-14(18)8-4-9-16(14)13(19)15(12)10-7-11-5-2-1-3-6-11/h1-3,5-6,18H,4,7-10H2/t14-/m0/s1. The fourth-order valence-electron chi connectivity index (χ4n) is 2.81. The van der Waals surface area contributed by atoms with Crippen LogP contribution in [0.4, 0.5) is 0 Å². The molecule has 2 fully saturated rings. The van der Waals surface area contributed by atoms with E-state index in [1.54, 1.807) is 9.80 Å². The molecule has 5 heteroatoms. The van der Waals surface area contributed by atoms with Crippen molar-refractivity contribution in [2.45, 2.75) is 25.0 Å². The monoisotopic (exact) mass is 276 g/mol. The number of fused-ring (bicyclic) bond motifs is 1. The molecule has 2 saturated heterocycles. The summed E-state index contributed by atoms with van der Waals surface area (Å²) in [4.78, 5) is 15.5. The smallest absolute Gasteiger partial charge is 0.282 e. The number of benzene rings is 1. The highest BCUT2D eigenvalue weighted by Crippen LogP contribution is 2.35. The second-order valence-corrected chi connectivity index (χ2v) is 5.41. The Labute approximate surface area is 117 Å². The third-order valence-electron chi connectivity index (χ3n) is 3.87. The van der Waals surface area contributed by atoms with Crippen LogP contribution in [0.5, 0.6) is 0 Å². The molecule has 0 unspecified atom stereocenters. The van der Waals surface area contributed by atoms with Gasteiger partial charge in [0.2, 0.25) is 5.72 Å². The minimum absolute atomic E-state index is 0.258. The molecule has 2 heterocycles. The molecule has 1 aromatic rings. The molecule has 0 saturated carbocycles. The third-order valence-corrected chi connectivity index (χ3v) is 4.31. The largest absolute Gasteiger partial charge is 0.363 e. The van der Waals surface area contributed by atoms with Crippen molar-refractivity contribution in [1.29, 1.82) is 0 Å². The van der Waals surface area contributed by atoms with Crippen molar-refractivity contribution in [3.8, 4) is 0 Å². The Morgan fingerprint density at radius 3 is 2.74 bits per heavy atom. The van der Waals surface area contributed by atoms with Gasteiger partial charge in [0, 0.05) is 19.5 Å². The number of hydrogen-bond acceptors (Lipinski definition) is 3. The number of hydrogen-bond donors (Lipinski definition) is 1. The lowest BCUT2D eigenvalue weighted by atomic mass is 10.1. The van der Waals surface area contributed by atoms with Crippen molar-refractivity contribution >= 4 is 23.2 Å². The predicted octanol–water partition coefficient (Wildman–Crippen LogP) is 1.14. The van der Waals surface area contributed by atoms with Crippen LogP contribution in [0.15, 0.2) is 30.3 Å². The first kappa shape index (κ1) is 12.6. The first-order chi connectivity index (χ1) is 9.13. The number of amides is 1. The normalized spacial score (nSPS) is 26.2. The lowest BCUT2D eigenvalue weighted by Crippen LogP contribution is -2.44. The van der Waals surface area contributed by atoms with E-state index >= 15 is 0 Å². The summed E-state index contributed by atoms with van der Waals surface area (Å²) < 4.78 is 0. The molecule has 4 nitrogen and oxygen atoms in total. The van der Waals surface area contributed by atoms with Crippen molar-refractivity contribution in [2.75, 3.05) is 13.1 Å². The van der Waals surface area contributed by atoms with Crippen molar-refractivity contribution in [1.82, 2.24) is 9.80 Å². The maximum absolute atomic E-state index is 12.3. The van der Waals surface area contributed by atoms with Gasteiger partial charge in [-0.15, -0.1) is 0 Å². The van der Waals surface area contributed by atoms with E-state index in [-0.39, 0.29) is 5.91 Å². The van der Waals surface area contributed by atoms with Crippen molar-refractivity contribution < 1.29 is 9.90 Å². The SMILES string of the molecule is O=C1N(CCc2ccccc2)C(=S)N2CCC[C@]12O. The summed E-state index contributed by atoms with van der Waals surface area (Å²) in [6.07, 6.45) is 2.04. The summed E-state index contributed by atoms with van der Waals surface area (Å²) in [7, 11) is 0. The summed E-state index contributed by atoms with van der Waals surface area (Å²) in [5.74, 6) is -0.258. The molecule has 19 heavy (non-hydrogen) atoms. The van der Waals surface area contributed by atoms with Gasteiger partial charge in [0.15, 0.2) is 5.11 Å². The average molecular weight is 276 g/mol. The Balaban J connectivity index is 1.73. The molecule has 0 radical (unpaired) electrons. The van der Waals surface area contributed by atoms with Gasteiger partial charge in [-0.05, 0) is 30.6 Å². The van der Waals surface area contributed by atoms with Crippen molar-refractivity contribution in [3.05, 3.63) is 35.9 Å². The maximum Gasteiger partial charge on any atom is 0.282 e. The molecule has 0 bridgehead atoms. The van der Waals surface area contributed by atoms with Gasteiger partial charge in [-0.1, -0.05) is 30.3 Å². The first-order valence-electron chi connectivity index (χ1n) is 6.53. The number of carbonyl (C=O) groups excluding carboxylic acids is 1. The predicted molar refractivity (Wildman–Crippen MR) is 75.3 cm³/mol. The highest BCUT2D eigenvalue weighted by molar-refractivity contribution is 7.80. The fraction of sp³-hybridized carbons (Fsp3) is 0.429. The molecule has 0 aliphatic carbocycles. The van der Waals surface area contributed by atoms with E-state index in [1.165, 1.54) is 0 Å². The van der Waals surface area contributed by atoms with E-state index in [1.807, 2.05) is 30.3 Å². The Morgan fingerprint density at radius 1 is 1.32 bits per heavy atom. The van der Waals surface area contributed by atoms with Crippen molar-refractivity contribution in [2.24, 2.45) is 0 Å². The van der Waals surface area contributed by atoms with Crippen LogP contribution >= 0.6 is 12.2 Å². The Bertz CT molecular complexity index is 519. The van der Waals surface area contributed by atoms with Crippen molar-refractivity contribution in [3.63, 3.8) is 0 Å². The van der Waals surface area contributed by atoms with Crippen LogP contribution in [0.2, 0.25) is 0 Å². The van der Waals surface area contributed by atoms with Gasteiger partial charge in [-0.25, -0.2) is 0 Å². The van der Waals surface area contributed by atoms with Gasteiger partial charge in [-0.3, -0.25) is 9.69 Å². The van der Waals surface area contributed by atoms with E-state index in [2.05, 4.69) is 0 Å². The summed E-state index contributed by atoms with van der Waals surface area (Å²) in [5, 5.41) is 10.9. The van der Waals surface area contributed by atoms with Gasteiger partial charge in [0.25, 0.3) is 5.91 Å². The summed E-state index contributed by atoms with van der Waals surface area (Å²) in [6, 6.07) is 9.98. The number of aliphatic hydroxyl groups is 1. The van der Waals surface area contributed by atoms with Crippen LogP contribution in [0.3, 0.4) is 0 Å². The summed E-state index contributed by atoms with van der Waals surface area (Å²) >= 11 is 5.31. The van der Waals surface area contributed by atoms with Gasteiger partial charge in [-0.2, -0.15) is 0 Å². The number of rotatable bonds is 3. The fourth-order valence-corrected chi connectivity index (χ4v) is 3.23. The molecule has 1 atom stereocenters. The zero-order chi connectivity index (χ0) is 13.5. The highest BCUT2D eigenvalue weighted by Gasteiger charge is 2.56. The van der Waals surface area contributed by atoms with E-state index in [4.69, 9.17) is 12.2 Å². The number of nitrogens with zero attached hydrogens (tertiary/aromatic N) is 2. The van der Waals surface area contributed by atoms with E-state index in [0.29, 0.717) is 24.6 Å². The second kappa shape index (κ2) is 4.58. The van der Waals surface area contributed by atoms with Gasteiger partial charge < -0.3 is 10.0 Å². The van der Waals surface area contributed by atoms with Crippen LogP contribution in [0.25, 0.3) is 0 Å². The molecule has 100 valence electrons. The zero-order valence-electron chi connectivity index (χ0n) is 10.6. The molecule has 0 spiro atoms. The molecule has 2 aliphatic heterocycles. The molecule has 0 aromatic heterocycles. The topological polar surface area (TPSA) is 43.8 Å². The van der Waals surface area contributed by atoms with Gasteiger partial charge in [0.05, 0.1) is 0 Å². The van der Waals surface area contributed by atoms with E-state index in [0.717, 1.165) is 18.4 Å². The minimum atomic E-state index is -1.37. The van der Waals surface area contributed by atoms with Crippen LogP contribution in [0, 0.1) is 0 Å². The second-order valence-electron chi connectivity index (χ2n) is 5.05. The minimum Gasteiger partial charge on any atom is -0.363 e. The van der Waals surface area contributed by atoms with Crippen LogP contribution in [0.1, 0.15) is 18.4 Å². The molecule has 3 rings (SSSR count). The lowest BCUT2D eigenvalue weighted by molar-refractivity contribution is -0.149. The maximum atomic E-state index is 12.3. The number of carbonyl (C=O) groups is 1. The van der Waals surface area contributed by atoms with E-state index < -0.39 is 5.72 Å². The number of thiocarbonyl (C=S) groups is 1. The van der Waals surface area contributed by atoms with Gasteiger partial charge in [0.1, 0.15) is 0 Å². The Hall–Kier alpha value is -1.46. The molecule has 1 amide bonds. The Kier molecular flexibility index (Phi) is 3.03. The van der Waals surface area contributed by atoms with Crippen LogP contribution in [-0.4, -0.2) is 44.7 Å². The molecule has 2 aliphatic rings. The molecular formula is C14H16N2O2S. The van der Waals surface area contributed by atoms with Crippen LogP contribution in [-0.2, 0) is 11.2 Å². The average Bonchev–Trinajstić information content (AvgIpc) is 2.89. The summed E-state index contributed by atoms with van der Waals surface area (Å²) in [6.45, 7) is 1.20. The molecule has 1 aromatic carbocycles.